The molecule has 0 radical (unpaired) electrons. The molecule has 1 aliphatic carbocycles. The molecule has 0 fully saturated rings. The van der Waals surface area contributed by atoms with Gasteiger partial charge in [0.05, 0.1) is 33.2 Å². The largest absolute Gasteiger partial charge is 0.307 e. The minimum atomic E-state index is -2.86. The molecule has 0 saturated carbocycles. The second kappa shape index (κ2) is 17.6. The lowest BCUT2D eigenvalue weighted by atomic mass is 9.67. The summed E-state index contributed by atoms with van der Waals surface area (Å²) in [5.74, 6) is 0. The molecule has 14 aromatic rings. The Morgan fingerprint density at radius 2 is 0.724 bits per heavy atom. The predicted molar refractivity (Wildman–Crippen MR) is 321 cm³/mol. The first-order valence-electron chi connectivity index (χ1n) is 26.4. The summed E-state index contributed by atoms with van der Waals surface area (Å²) in [5.41, 5.74) is 16.6. The second-order valence-electron chi connectivity index (χ2n) is 20.3. The van der Waals surface area contributed by atoms with Gasteiger partial charge < -0.3 is 9.13 Å². The lowest BCUT2D eigenvalue weighted by molar-refractivity contribution is 0.768. The zero-order chi connectivity index (χ0) is 50.2. The van der Waals surface area contributed by atoms with Crippen LogP contribution in [0.3, 0.4) is 0 Å². The van der Waals surface area contributed by atoms with Crippen molar-refractivity contribution in [3.05, 3.63) is 326 Å². The van der Waals surface area contributed by atoms with Crippen molar-refractivity contribution in [2.75, 3.05) is 0 Å². The van der Waals surface area contributed by atoms with Gasteiger partial charge in [0.25, 0.3) is 0 Å². The number of rotatable bonds is 9. The average molecular weight is 983 g/mol. The fourth-order valence-corrected chi connectivity index (χ4v) is 18.3. The van der Waals surface area contributed by atoms with Crippen LogP contribution in [-0.2, 0) is 5.41 Å². The quantitative estimate of drug-likeness (QED) is 0.101. The van der Waals surface area contributed by atoms with E-state index in [2.05, 4.69) is 312 Å². The first kappa shape index (κ1) is 44.0. The number of hydrogen-bond donors (Lipinski definition) is 0. The summed E-state index contributed by atoms with van der Waals surface area (Å²) < 4.78 is 5.11. The van der Waals surface area contributed by atoms with Gasteiger partial charge >= 0.3 is 0 Å². The molecule has 356 valence electrons. The van der Waals surface area contributed by atoms with Gasteiger partial charge in [-0.05, 0) is 96.1 Å². The first-order valence-corrected chi connectivity index (χ1v) is 28.4. The highest BCUT2D eigenvalue weighted by Gasteiger charge is 2.46. The van der Waals surface area contributed by atoms with Crippen LogP contribution in [0.15, 0.2) is 303 Å². The summed E-state index contributed by atoms with van der Waals surface area (Å²) in [4.78, 5) is 0. The third-order valence-electron chi connectivity index (χ3n) is 16.5. The molecule has 0 N–H and O–H groups in total. The molecule has 2 aromatic heterocycles. The summed E-state index contributed by atoms with van der Waals surface area (Å²) in [6.45, 7) is 0. The summed E-state index contributed by atoms with van der Waals surface area (Å²) in [5, 5.41) is 10.3. The number of nitrogens with zero attached hydrogens (tertiary/aromatic N) is 2. The van der Waals surface area contributed by atoms with Crippen LogP contribution < -0.4 is 20.7 Å². The molecule has 0 bridgehead atoms. The normalized spacial score (nSPS) is 12.8. The summed E-state index contributed by atoms with van der Waals surface area (Å²) >= 11 is 0. The van der Waals surface area contributed by atoms with E-state index in [1.54, 1.807) is 0 Å². The zero-order valence-electron chi connectivity index (χ0n) is 41.8. The Labute approximate surface area is 443 Å². The van der Waals surface area contributed by atoms with E-state index in [0.717, 1.165) is 11.4 Å². The van der Waals surface area contributed by atoms with E-state index in [4.69, 9.17) is 0 Å². The highest BCUT2D eigenvalue weighted by atomic mass is 28.3. The van der Waals surface area contributed by atoms with E-state index in [-0.39, 0.29) is 0 Å². The molecule has 0 spiro atoms. The summed E-state index contributed by atoms with van der Waals surface area (Å²) in [6, 6.07) is 114. The molecule has 12 aromatic carbocycles. The SMILES string of the molecule is c1ccc(C2(c3ccccc3)c3ccccc3-c3cc(-c4cccc5c6ccccc6n(-c6cccc7c8ccccc8n(-c8cccc([Si](c9ccccc9)(c9ccccc9)c9ccccc9)c8)c67)c45)ccc32)cc1. The fraction of sp³-hybridized carbons (Fsp3) is 0.0137. The Morgan fingerprint density at radius 3 is 1.34 bits per heavy atom. The van der Waals surface area contributed by atoms with Gasteiger partial charge in [-0.2, -0.15) is 0 Å². The maximum Gasteiger partial charge on any atom is 0.179 e. The maximum absolute atomic E-state index is 2.86. The Kier molecular flexibility index (Phi) is 10.2. The van der Waals surface area contributed by atoms with Crippen molar-refractivity contribution in [3.8, 4) is 33.6 Å². The van der Waals surface area contributed by atoms with Gasteiger partial charge in [-0.25, -0.2) is 0 Å². The Bertz CT molecular complexity index is 4360. The van der Waals surface area contributed by atoms with E-state index in [0.29, 0.717) is 0 Å². The molecule has 0 saturated heterocycles. The maximum atomic E-state index is 2.57. The van der Waals surface area contributed by atoms with Crippen LogP contribution >= 0.6 is 0 Å². The first-order chi connectivity index (χ1) is 37.7. The minimum absolute atomic E-state index is 0.473. The van der Waals surface area contributed by atoms with Crippen molar-refractivity contribution in [3.63, 3.8) is 0 Å². The van der Waals surface area contributed by atoms with Gasteiger partial charge in [0.2, 0.25) is 0 Å². The monoisotopic (exact) mass is 982 g/mol. The van der Waals surface area contributed by atoms with Crippen LogP contribution in [0.25, 0.3) is 77.2 Å². The zero-order valence-corrected chi connectivity index (χ0v) is 42.8. The number of fused-ring (bicyclic) bond motifs is 9. The average Bonchev–Trinajstić information content (AvgIpc) is 4.30. The number of hydrogen-bond acceptors (Lipinski definition) is 0. The highest BCUT2D eigenvalue weighted by Crippen LogP contribution is 2.57. The Balaban J connectivity index is 0.997. The molecule has 0 aliphatic heterocycles. The van der Waals surface area contributed by atoms with Gasteiger partial charge in [0.1, 0.15) is 0 Å². The van der Waals surface area contributed by atoms with Crippen LogP contribution in [0.1, 0.15) is 22.3 Å². The van der Waals surface area contributed by atoms with Crippen LogP contribution in [-0.4, -0.2) is 17.2 Å². The van der Waals surface area contributed by atoms with Crippen molar-refractivity contribution in [2.45, 2.75) is 5.41 Å². The Hall–Kier alpha value is -9.54. The van der Waals surface area contributed by atoms with Gasteiger partial charge in [-0.15, -0.1) is 0 Å². The van der Waals surface area contributed by atoms with Gasteiger partial charge in [-0.1, -0.05) is 267 Å². The van der Waals surface area contributed by atoms with Crippen molar-refractivity contribution >= 4 is 72.4 Å². The van der Waals surface area contributed by atoms with E-state index < -0.39 is 13.5 Å². The molecule has 76 heavy (non-hydrogen) atoms. The van der Waals surface area contributed by atoms with E-state index in [1.165, 1.54) is 109 Å². The predicted octanol–water partition coefficient (Wildman–Crippen LogP) is 15.3. The minimum Gasteiger partial charge on any atom is -0.307 e. The molecule has 2 nitrogen and oxygen atoms in total. The van der Waals surface area contributed by atoms with Crippen molar-refractivity contribution in [2.24, 2.45) is 0 Å². The van der Waals surface area contributed by atoms with Crippen molar-refractivity contribution in [1.29, 1.82) is 0 Å². The molecule has 3 heteroatoms. The third-order valence-corrected chi connectivity index (χ3v) is 21.3. The standard InChI is InChI=1S/C73H50N2Si/c1-6-25-52(26-7-1)73(53-27-8-2-9-28-53)66-43-19-16-37-60(66)65-49-51(47-48-67(65)73)59-40-23-41-63-61-38-18-21-45-69(61)75(71(59)63)70-46-24-42-64-62-39-17-20-44-68(62)74(72(64)70)54-29-22-36-58(50-54)76(55-30-10-3-11-31-55,56-32-12-4-13-33-56)57-34-14-5-15-35-57/h1-50H. The molecule has 0 unspecified atom stereocenters. The topological polar surface area (TPSA) is 9.86 Å². The van der Waals surface area contributed by atoms with Crippen molar-refractivity contribution in [1.82, 2.24) is 9.13 Å². The lowest BCUT2D eigenvalue weighted by Gasteiger charge is -2.34. The second-order valence-corrected chi connectivity index (χ2v) is 24.1. The van der Waals surface area contributed by atoms with Gasteiger partial charge in [-0.3, -0.25) is 0 Å². The van der Waals surface area contributed by atoms with Crippen LogP contribution in [0, 0.1) is 0 Å². The van der Waals surface area contributed by atoms with E-state index in [1.807, 2.05) is 0 Å². The molecular weight excluding hydrogens is 933 g/mol. The molecule has 1 aliphatic rings. The lowest BCUT2D eigenvalue weighted by Crippen LogP contribution is -2.74. The molecule has 0 atom stereocenters. The summed E-state index contributed by atoms with van der Waals surface area (Å²) in [6.07, 6.45) is 0. The third kappa shape index (κ3) is 6.33. The smallest absolute Gasteiger partial charge is 0.179 e. The number of para-hydroxylation sites is 4. The highest BCUT2D eigenvalue weighted by molar-refractivity contribution is 7.19. The molecule has 0 amide bonds. The van der Waals surface area contributed by atoms with Crippen LogP contribution in [0.5, 0.6) is 0 Å². The molecule has 15 rings (SSSR count). The Morgan fingerprint density at radius 1 is 0.276 bits per heavy atom. The number of benzene rings is 12. The van der Waals surface area contributed by atoms with Gasteiger partial charge in [0.15, 0.2) is 8.07 Å². The fourth-order valence-electron chi connectivity index (χ4n) is 13.5. The number of aromatic nitrogens is 2. The molecule has 2 heterocycles. The van der Waals surface area contributed by atoms with Crippen LogP contribution in [0.4, 0.5) is 0 Å². The van der Waals surface area contributed by atoms with E-state index in [9.17, 15) is 0 Å². The molecular formula is C73H50N2Si. The van der Waals surface area contributed by atoms with Crippen molar-refractivity contribution < 1.29 is 0 Å². The van der Waals surface area contributed by atoms with E-state index >= 15 is 0 Å². The summed E-state index contributed by atoms with van der Waals surface area (Å²) in [7, 11) is -2.86. The van der Waals surface area contributed by atoms with Crippen LogP contribution in [0.2, 0.25) is 0 Å². The van der Waals surface area contributed by atoms with Gasteiger partial charge in [0, 0.05) is 32.8 Å².